The third-order valence-corrected chi connectivity index (χ3v) is 6.49. The van der Waals surface area contributed by atoms with Crippen molar-refractivity contribution in [1.29, 1.82) is 0 Å². The predicted octanol–water partition coefficient (Wildman–Crippen LogP) is 2.62. The van der Waals surface area contributed by atoms with Crippen molar-refractivity contribution in [3.8, 4) is 6.01 Å². The Kier molecular flexibility index (Phi) is 4.41. The first-order valence-corrected chi connectivity index (χ1v) is 10.1. The van der Waals surface area contributed by atoms with Crippen LogP contribution >= 0.6 is 0 Å². The van der Waals surface area contributed by atoms with Crippen LogP contribution in [0.4, 0.5) is 9.18 Å². The minimum atomic E-state index is -0.579. The first-order chi connectivity index (χ1) is 14.4. The lowest BCUT2D eigenvalue weighted by molar-refractivity contribution is -0.0450. The number of pyridine rings is 1. The molecule has 0 aromatic carbocycles. The molecule has 2 amide bonds. The van der Waals surface area contributed by atoms with Crippen LogP contribution in [0.2, 0.25) is 0 Å². The summed E-state index contributed by atoms with van der Waals surface area (Å²) < 4.78 is 18.4. The standard InChI is InChI=1S/C21H22FN5O3/c22-15-2-3-16(25-11-15)17(28)26-20-7-13-6-14(8-20)10-21(9-13,12-20)27-19(29)30-18-23-4-1-5-24-18/h1-5,11,13-14H,6-10,12H2,(H,26,28)(H,27,29). The molecule has 2 N–H and O–H groups in total. The zero-order valence-corrected chi connectivity index (χ0v) is 16.3. The van der Waals surface area contributed by atoms with Crippen molar-refractivity contribution in [2.24, 2.45) is 11.8 Å². The number of aromatic nitrogens is 3. The van der Waals surface area contributed by atoms with E-state index >= 15 is 0 Å². The third-order valence-electron chi connectivity index (χ3n) is 6.49. The zero-order valence-electron chi connectivity index (χ0n) is 16.3. The SMILES string of the molecule is O=C(NC12CC3CC(C1)CC(NC(=O)c1ccc(F)cn1)(C3)C2)Oc1ncccn1. The molecule has 2 heterocycles. The van der Waals surface area contributed by atoms with E-state index in [9.17, 15) is 14.0 Å². The van der Waals surface area contributed by atoms with Gasteiger partial charge in [0.1, 0.15) is 11.5 Å². The third kappa shape index (κ3) is 3.59. The minimum absolute atomic E-state index is 0.00475. The van der Waals surface area contributed by atoms with Crippen molar-refractivity contribution >= 4 is 12.0 Å². The van der Waals surface area contributed by atoms with Gasteiger partial charge in [0.15, 0.2) is 0 Å². The quantitative estimate of drug-likeness (QED) is 0.801. The zero-order chi connectivity index (χ0) is 20.8. The second-order valence-electron chi connectivity index (χ2n) is 8.88. The highest BCUT2D eigenvalue weighted by Crippen LogP contribution is 2.57. The van der Waals surface area contributed by atoms with Crippen LogP contribution in [0.3, 0.4) is 0 Å². The van der Waals surface area contributed by atoms with Crippen molar-refractivity contribution in [1.82, 2.24) is 25.6 Å². The van der Waals surface area contributed by atoms with Crippen LogP contribution in [-0.2, 0) is 0 Å². The normalized spacial score (nSPS) is 31.2. The minimum Gasteiger partial charge on any atom is -0.374 e. The summed E-state index contributed by atoms with van der Waals surface area (Å²) in [5.41, 5.74) is -0.650. The maximum Gasteiger partial charge on any atom is 0.415 e. The molecule has 2 aromatic heterocycles. The van der Waals surface area contributed by atoms with Crippen molar-refractivity contribution < 1.29 is 18.7 Å². The van der Waals surface area contributed by atoms with Gasteiger partial charge in [0, 0.05) is 23.5 Å². The summed E-state index contributed by atoms with van der Waals surface area (Å²) in [6.07, 6.45) is 8.68. The number of amides is 2. The van der Waals surface area contributed by atoms with Crippen LogP contribution in [0.5, 0.6) is 6.01 Å². The Hall–Kier alpha value is -3.10. The Morgan fingerprint density at radius 3 is 2.30 bits per heavy atom. The Labute approximate surface area is 172 Å². The maximum atomic E-state index is 13.1. The number of nitrogens with one attached hydrogen (secondary N) is 2. The summed E-state index contributed by atoms with van der Waals surface area (Å²) in [7, 11) is 0. The van der Waals surface area contributed by atoms with Gasteiger partial charge >= 0.3 is 12.1 Å². The largest absolute Gasteiger partial charge is 0.415 e. The van der Waals surface area contributed by atoms with Gasteiger partial charge in [-0.3, -0.25) is 4.79 Å². The second-order valence-corrected chi connectivity index (χ2v) is 8.88. The van der Waals surface area contributed by atoms with Gasteiger partial charge in [-0.15, -0.1) is 0 Å². The Morgan fingerprint density at radius 2 is 1.67 bits per heavy atom. The average molecular weight is 411 g/mol. The van der Waals surface area contributed by atoms with Crippen LogP contribution in [-0.4, -0.2) is 38.0 Å². The molecule has 8 nitrogen and oxygen atoms in total. The van der Waals surface area contributed by atoms with Gasteiger partial charge in [-0.2, -0.15) is 0 Å². The average Bonchev–Trinajstić information content (AvgIpc) is 2.67. The van der Waals surface area contributed by atoms with E-state index in [1.807, 2.05) is 0 Å². The van der Waals surface area contributed by atoms with Gasteiger partial charge in [0.25, 0.3) is 5.91 Å². The first kappa shape index (κ1) is 18.9. The second kappa shape index (κ2) is 7.00. The van der Waals surface area contributed by atoms with Gasteiger partial charge in [-0.25, -0.2) is 24.1 Å². The number of nitrogens with zero attached hydrogens (tertiary/aromatic N) is 3. The lowest BCUT2D eigenvalue weighted by atomic mass is 9.50. The topological polar surface area (TPSA) is 106 Å². The molecule has 2 aromatic rings. The molecule has 4 aliphatic carbocycles. The van der Waals surface area contributed by atoms with Crippen molar-refractivity contribution in [2.75, 3.05) is 0 Å². The molecule has 30 heavy (non-hydrogen) atoms. The highest BCUT2D eigenvalue weighted by Gasteiger charge is 2.59. The van der Waals surface area contributed by atoms with Crippen molar-refractivity contribution in [3.05, 3.63) is 48.3 Å². The Balaban J connectivity index is 1.32. The van der Waals surface area contributed by atoms with E-state index in [0.29, 0.717) is 18.3 Å². The summed E-state index contributed by atoms with van der Waals surface area (Å²) in [5, 5.41) is 6.23. The molecule has 156 valence electrons. The number of carbonyl (C=O) groups is 2. The van der Waals surface area contributed by atoms with E-state index in [1.54, 1.807) is 6.07 Å². The van der Waals surface area contributed by atoms with Crippen LogP contribution < -0.4 is 15.4 Å². The van der Waals surface area contributed by atoms with Gasteiger partial charge < -0.3 is 15.4 Å². The predicted molar refractivity (Wildman–Crippen MR) is 103 cm³/mol. The maximum absolute atomic E-state index is 13.1. The summed E-state index contributed by atoms with van der Waals surface area (Å²) in [6.45, 7) is 0. The highest BCUT2D eigenvalue weighted by molar-refractivity contribution is 5.92. The van der Waals surface area contributed by atoms with E-state index in [0.717, 1.165) is 38.3 Å². The highest BCUT2D eigenvalue weighted by atomic mass is 19.1. The number of hydrogen-bond donors (Lipinski definition) is 2. The van der Waals surface area contributed by atoms with E-state index in [-0.39, 0.29) is 17.6 Å². The molecular formula is C21H22FN5O3. The number of halogens is 1. The van der Waals surface area contributed by atoms with Gasteiger partial charge in [0.05, 0.1) is 6.20 Å². The van der Waals surface area contributed by atoms with Gasteiger partial charge in [-0.05, 0) is 68.6 Å². The van der Waals surface area contributed by atoms with Crippen LogP contribution in [0, 0.1) is 17.7 Å². The molecule has 9 heteroatoms. The molecule has 0 saturated heterocycles. The summed E-state index contributed by atoms with van der Waals surface area (Å²) >= 11 is 0. The molecule has 6 rings (SSSR count). The molecule has 4 aliphatic rings. The molecule has 2 unspecified atom stereocenters. The molecule has 0 radical (unpaired) electrons. The lowest BCUT2D eigenvalue weighted by Gasteiger charge is -2.61. The van der Waals surface area contributed by atoms with Gasteiger partial charge in [0.2, 0.25) is 0 Å². The number of rotatable bonds is 4. The monoisotopic (exact) mass is 411 g/mol. The molecule has 0 aliphatic heterocycles. The van der Waals surface area contributed by atoms with Crippen LogP contribution in [0.15, 0.2) is 36.8 Å². The molecular weight excluding hydrogens is 389 g/mol. The Morgan fingerprint density at radius 1 is 1.00 bits per heavy atom. The molecule has 0 spiro atoms. The lowest BCUT2D eigenvalue weighted by Crippen LogP contribution is -2.70. The van der Waals surface area contributed by atoms with E-state index in [1.165, 1.54) is 24.5 Å². The molecule has 4 saturated carbocycles. The van der Waals surface area contributed by atoms with Crippen LogP contribution in [0.25, 0.3) is 0 Å². The smallest absolute Gasteiger partial charge is 0.374 e. The van der Waals surface area contributed by atoms with E-state index < -0.39 is 23.0 Å². The fraction of sp³-hybridized carbons (Fsp3) is 0.476. The first-order valence-electron chi connectivity index (χ1n) is 10.1. The number of carbonyl (C=O) groups excluding carboxylic acids is 2. The molecule has 2 atom stereocenters. The summed E-state index contributed by atoms with van der Waals surface area (Å²) in [4.78, 5) is 37.1. The number of hydrogen-bond acceptors (Lipinski definition) is 6. The van der Waals surface area contributed by atoms with Crippen LogP contribution in [0.1, 0.15) is 49.0 Å². The van der Waals surface area contributed by atoms with Gasteiger partial charge in [-0.1, -0.05) is 0 Å². The van der Waals surface area contributed by atoms with Crippen molar-refractivity contribution in [2.45, 2.75) is 49.6 Å². The Bertz CT molecular complexity index is 954. The summed E-state index contributed by atoms with van der Waals surface area (Å²) in [6, 6.07) is 4.26. The fourth-order valence-electron chi connectivity index (χ4n) is 6.03. The fourth-order valence-corrected chi connectivity index (χ4v) is 6.03. The number of ether oxygens (including phenoxy) is 1. The van der Waals surface area contributed by atoms with Crippen molar-refractivity contribution in [3.63, 3.8) is 0 Å². The molecule has 4 bridgehead atoms. The van der Waals surface area contributed by atoms with E-state index in [2.05, 4.69) is 25.6 Å². The van der Waals surface area contributed by atoms with E-state index in [4.69, 9.17) is 4.74 Å². The summed E-state index contributed by atoms with van der Waals surface area (Å²) in [5.74, 6) is 0.0415. The molecule has 4 fully saturated rings.